The summed E-state index contributed by atoms with van der Waals surface area (Å²) in [6.45, 7) is 4.99. The number of aryl methyl sites for hydroxylation is 2. The van der Waals surface area contributed by atoms with Crippen LogP contribution >= 0.6 is 22.7 Å². The molecule has 0 spiro atoms. The maximum Gasteiger partial charge on any atom is 0.358 e. The summed E-state index contributed by atoms with van der Waals surface area (Å²) in [7, 11) is 1.64. The largest absolute Gasteiger partial charge is 0.497 e. The summed E-state index contributed by atoms with van der Waals surface area (Å²) in [6, 6.07) is 9.96. The highest BCUT2D eigenvalue weighted by Gasteiger charge is 2.53. The van der Waals surface area contributed by atoms with Crippen molar-refractivity contribution < 1.29 is 19.1 Å². The molecule has 2 aromatic heterocycles. The number of thiazole rings is 1. The minimum atomic E-state index is -0.481. The highest BCUT2D eigenvalue weighted by Crippen LogP contribution is 2.50. The van der Waals surface area contributed by atoms with Crippen molar-refractivity contribution in [1.82, 2.24) is 9.88 Å². The number of rotatable bonds is 11. The first kappa shape index (κ1) is 24.4. The molecule has 0 radical (unpaired) electrons. The van der Waals surface area contributed by atoms with Crippen LogP contribution in [-0.2, 0) is 27.9 Å². The van der Waals surface area contributed by atoms with Gasteiger partial charge in [-0.05, 0) is 79.6 Å². The fraction of sp³-hybridized carbons (Fsp3) is 0.423. The third kappa shape index (κ3) is 5.33. The van der Waals surface area contributed by atoms with Gasteiger partial charge in [0.15, 0.2) is 5.69 Å². The molecule has 1 amide bonds. The highest BCUT2D eigenvalue weighted by molar-refractivity contribution is 7.11. The van der Waals surface area contributed by atoms with Gasteiger partial charge < -0.3 is 14.4 Å². The van der Waals surface area contributed by atoms with Gasteiger partial charge in [0, 0.05) is 11.4 Å². The van der Waals surface area contributed by atoms with Gasteiger partial charge in [0.1, 0.15) is 10.8 Å². The Labute approximate surface area is 208 Å². The normalized spacial score (nSPS) is 14.0. The second-order valence-electron chi connectivity index (χ2n) is 8.51. The Morgan fingerprint density at radius 1 is 1.18 bits per heavy atom. The number of esters is 1. The van der Waals surface area contributed by atoms with Gasteiger partial charge in [0.25, 0.3) is 0 Å². The van der Waals surface area contributed by atoms with Crippen LogP contribution in [0.1, 0.15) is 57.7 Å². The zero-order valence-electron chi connectivity index (χ0n) is 19.8. The van der Waals surface area contributed by atoms with Crippen molar-refractivity contribution in [3.05, 3.63) is 67.8 Å². The number of carbonyl (C=O) groups is 2. The second-order valence-corrected chi connectivity index (χ2v) is 10.6. The Morgan fingerprint density at radius 3 is 2.56 bits per heavy atom. The number of carbonyl (C=O) groups excluding carboxylic acids is 2. The van der Waals surface area contributed by atoms with Crippen LogP contribution in [0.25, 0.3) is 0 Å². The molecule has 0 aliphatic heterocycles. The van der Waals surface area contributed by atoms with Crippen LogP contribution in [0.2, 0.25) is 0 Å². The van der Waals surface area contributed by atoms with Crippen molar-refractivity contribution in [2.24, 2.45) is 0 Å². The average molecular weight is 499 g/mol. The van der Waals surface area contributed by atoms with Gasteiger partial charge in [-0.3, -0.25) is 4.79 Å². The molecule has 8 heteroatoms. The van der Waals surface area contributed by atoms with Crippen LogP contribution in [0.3, 0.4) is 0 Å². The van der Waals surface area contributed by atoms with Crippen LogP contribution in [0.4, 0.5) is 0 Å². The molecule has 180 valence electrons. The number of aromatic nitrogens is 1. The van der Waals surface area contributed by atoms with Crippen LogP contribution in [0, 0.1) is 6.92 Å². The SMILES string of the molecule is CCOC(=O)c1nc(CN(CCCc2ccsc2)C(=O)C2(c3ccc(OC)cc3)CC2)sc1C. The van der Waals surface area contributed by atoms with E-state index in [0.717, 1.165) is 46.9 Å². The molecule has 0 unspecified atom stereocenters. The zero-order valence-corrected chi connectivity index (χ0v) is 21.5. The summed E-state index contributed by atoms with van der Waals surface area (Å²) < 4.78 is 10.4. The summed E-state index contributed by atoms with van der Waals surface area (Å²) in [5.74, 6) is 0.507. The molecular weight excluding hydrogens is 468 g/mol. The van der Waals surface area contributed by atoms with Crippen molar-refractivity contribution in [1.29, 1.82) is 0 Å². The Hall–Kier alpha value is -2.71. The molecule has 1 aliphatic rings. The number of benzene rings is 1. The van der Waals surface area contributed by atoms with Gasteiger partial charge in [-0.25, -0.2) is 9.78 Å². The standard InChI is InChI=1S/C26H30N2O4S2/c1-4-32-24(29)23-18(2)34-22(27-23)16-28(14-5-6-19-11-15-33-17-19)25(30)26(12-13-26)20-7-9-21(31-3)10-8-20/h7-11,15,17H,4-6,12-14,16H2,1-3H3. The van der Waals surface area contributed by atoms with E-state index in [-0.39, 0.29) is 5.91 Å². The number of amides is 1. The topological polar surface area (TPSA) is 68.7 Å². The van der Waals surface area contributed by atoms with Gasteiger partial charge in [0.05, 0.1) is 25.7 Å². The Balaban J connectivity index is 1.54. The lowest BCUT2D eigenvalue weighted by Gasteiger charge is -2.27. The zero-order chi connectivity index (χ0) is 24.1. The van der Waals surface area contributed by atoms with E-state index >= 15 is 0 Å². The third-order valence-electron chi connectivity index (χ3n) is 6.20. The first-order valence-electron chi connectivity index (χ1n) is 11.5. The number of nitrogens with zero attached hydrogens (tertiary/aromatic N) is 2. The van der Waals surface area contributed by atoms with Crippen molar-refractivity contribution in [2.45, 2.75) is 51.5 Å². The van der Waals surface area contributed by atoms with Crippen LogP contribution in [-0.4, -0.2) is 42.0 Å². The lowest BCUT2D eigenvalue weighted by Crippen LogP contribution is -2.39. The summed E-state index contributed by atoms with van der Waals surface area (Å²) in [4.78, 5) is 33.4. The maximum absolute atomic E-state index is 13.9. The second kappa shape index (κ2) is 10.7. The van der Waals surface area contributed by atoms with E-state index in [1.54, 1.807) is 25.4 Å². The van der Waals surface area contributed by atoms with Crippen molar-refractivity contribution >= 4 is 34.6 Å². The van der Waals surface area contributed by atoms with Gasteiger partial charge >= 0.3 is 5.97 Å². The fourth-order valence-corrected chi connectivity index (χ4v) is 5.84. The summed E-state index contributed by atoms with van der Waals surface area (Å²) in [5, 5.41) is 4.99. The Kier molecular flexibility index (Phi) is 7.68. The molecule has 0 N–H and O–H groups in total. The number of methoxy groups -OCH3 is 1. The first-order chi connectivity index (χ1) is 16.5. The van der Waals surface area contributed by atoms with Gasteiger partial charge in [0.2, 0.25) is 5.91 Å². The van der Waals surface area contributed by atoms with E-state index in [2.05, 4.69) is 21.8 Å². The van der Waals surface area contributed by atoms with E-state index in [0.29, 0.717) is 25.4 Å². The molecular formula is C26H30N2O4S2. The molecule has 6 nitrogen and oxygen atoms in total. The van der Waals surface area contributed by atoms with Crippen LogP contribution in [0.5, 0.6) is 5.75 Å². The molecule has 1 aromatic carbocycles. The van der Waals surface area contributed by atoms with E-state index < -0.39 is 11.4 Å². The van der Waals surface area contributed by atoms with Crippen molar-refractivity contribution in [2.75, 3.05) is 20.3 Å². The van der Waals surface area contributed by atoms with Gasteiger partial charge in [-0.15, -0.1) is 11.3 Å². The van der Waals surface area contributed by atoms with Crippen molar-refractivity contribution in [3.8, 4) is 5.75 Å². The van der Waals surface area contributed by atoms with Crippen LogP contribution < -0.4 is 4.74 Å². The lowest BCUT2D eigenvalue weighted by atomic mass is 9.94. The highest BCUT2D eigenvalue weighted by atomic mass is 32.1. The molecule has 0 atom stereocenters. The predicted molar refractivity (Wildman–Crippen MR) is 135 cm³/mol. The molecule has 0 saturated heterocycles. The van der Waals surface area contributed by atoms with Gasteiger partial charge in [-0.2, -0.15) is 11.3 Å². The molecule has 34 heavy (non-hydrogen) atoms. The average Bonchev–Trinajstić information content (AvgIpc) is 3.32. The van der Waals surface area contributed by atoms with E-state index in [1.165, 1.54) is 16.9 Å². The fourth-order valence-electron chi connectivity index (χ4n) is 4.20. The molecule has 4 rings (SSSR count). The number of hydrogen-bond acceptors (Lipinski definition) is 7. The van der Waals surface area contributed by atoms with Gasteiger partial charge in [-0.1, -0.05) is 12.1 Å². The molecule has 2 heterocycles. The van der Waals surface area contributed by atoms with E-state index in [9.17, 15) is 9.59 Å². The molecule has 1 fully saturated rings. The smallest absolute Gasteiger partial charge is 0.358 e. The first-order valence-corrected chi connectivity index (χ1v) is 13.3. The maximum atomic E-state index is 13.9. The monoisotopic (exact) mass is 498 g/mol. The van der Waals surface area contributed by atoms with Crippen molar-refractivity contribution in [3.63, 3.8) is 0 Å². The third-order valence-corrected chi connectivity index (χ3v) is 7.89. The molecule has 0 bridgehead atoms. The number of ether oxygens (including phenoxy) is 2. The lowest BCUT2D eigenvalue weighted by molar-refractivity contribution is -0.134. The summed E-state index contributed by atoms with van der Waals surface area (Å²) in [5.41, 5.74) is 2.20. The number of hydrogen-bond donors (Lipinski definition) is 0. The van der Waals surface area contributed by atoms with E-state index in [4.69, 9.17) is 9.47 Å². The Morgan fingerprint density at radius 2 is 1.94 bits per heavy atom. The molecule has 1 saturated carbocycles. The Bertz CT molecular complexity index is 1120. The van der Waals surface area contributed by atoms with E-state index in [1.807, 2.05) is 36.1 Å². The molecule has 1 aliphatic carbocycles. The van der Waals surface area contributed by atoms with Crippen LogP contribution in [0.15, 0.2) is 41.1 Å². The predicted octanol–water partition coefficient (Wildman–Crippen LogP) is 5.39. The minimum Gasteiger partial charge on any atom is -0.497 e. The minimum absolute atomic E-state index is 0.133. The quantitative estimate of drug-likeness (QED) is 0.332. The number of thiophene rings is 1. The molecule has 3 aromatic rings. The summed E-state index contributed by atoms with van der Waals surface area (Å²) >= 11 is 3.15. The summed E-state index contributed by atoms with van der Waals surface area (Å²) in [6.07, 6.45) is 3.47.